The predicted molar refractivity (Wildman–Crippen MR) is 105 cm³/mol. The van der Waals surface area contributed by atoms with Crippen molar-refractivity contribution in [1.82, 2.24) is 9.29 Å². The number of benzene rings is 1. The average Bonchev–Trinajstić information content (AvgIpc) is 3.02. The minimum atomic E-state index is -3.77. The fraction of sp³-hybridized carbons (Fsp3) is 0.444. The number of amides is 1. The first-order valence-electron chi connectivity index (χ1n) is 8.53. The summed E-state index contributed by atoms with van der Waals surface area (Å²) in [7, 11) is -3.77. The molecule has 2 aromatic rings. The number of aromatic nitrogens is 1. The van der Waals surface area contributed by atoms with Crippen LogP contribution in [0, 0.1) is 20.8 Å². The van der Waals surface area contributed by atoms with Crippen LogP contribution in [0.2, 0.25) is 0 Å². The molecule has 26 heavy (non-hydrogen) atoms. The zero-order chi connectivity index (χ0) is 19.3. The highest BCUT2D eigenvalue weighted by atomic mass is 32.2. The monoisotopic (exact) mass is 395 g/mol. The van der Waals surface area contributed by atoms with E-state index in [0.717, 1.165) is 12.0 Å². The van der Waals surface area contributed by atoms with Gasteiger partial charge in [0.1, 0.15) is 0 Å². The molecule has 6 nitrogen and oxygen atoms in total. The highest BCUT2D eigenvalue weighted by molar-refractivity contribution is 7.89. The van der Waals surface area contributed by atoms with Crippen LogP contribution in [0.25, 0.3) is 0 Å². The van der Waals surface area contributed by atoms with E-state index >= 15 is 0 Å². The molecular weight excluding hydrogens is 370 g/mol. The van der Waals surface area contributed by atoms with Crippen LogP contribution in [0.5, 0.6) is 0 Å². The number of carbonyl (C=O) groups excluding carboxylic acids is 1. The van der Waals surface area contributed by atoms with Gasteiger partial charge in [0.05, 0.1) is 11.4 Å². The van der Waals surface area contributed by atoms with E-state index in [4.69, 9.17) is 0 Å². The van der Waals surface area contributed by atoms with Gasteiger partial charge in [0.25, 0.3) is 0 Å². The van der Waals surface area contributed by atoms with Gasteiger partial charge in [-0.25, -0.2) is 13.4 Å². The Kier molecular flexibility index (Phi) is 6.91. The third kappa shape index (κ3) is 4.90. The lowest BCUT2D eigenvalue weighted by molar-refractivity contribution is -0.116. The lowest BCUT2D eigenvalue weighted by Crippen LogP contribution is -2.39. The van der Waals surface area contributed by atoms with Crippen molar-refractivity contribution in [3.8, 4) is 0 Å². The highest BCUT2D eigenvalue weighted by Crippen LogP contribution is 2.25. The number of sulfonamides is 1. The molecule has 0 bridgehead atoms. The minimum Gasteiger partial charge on any atom is -0.301 e. The molecule has 0 saturated heterocycles. The second-order valence-corrected chi connectivity index (χ2v) is 9.07. The van der Waals surface area contributed by atoms with Crippen molar-refractivity contribution in [1.29, 1.82) is 0 Å². The molecule has 1 heterocycles. The smallest absolute Gasteiger partial charge is 0.244 e. The van der Waals surface area contributed by atoms with Crippen LogP contribution in [0.4, 0.5) is 5.13 Å². The van der Waals surface area contributed by atoms with Gasteiger partial charge in [-0.05, 0) is 38.3 Å². The lowest BCUT2D eigenvalue weighted by Gasteiger charge is -2.23. The first-order valence-corrected chi connectivity index (χ1v) is 10.8. The zero-order valence-corrected chi connectivity index (χ0v) is 17.2. The van der Waals surface area contributed by atoms with Crippen LogP contribution in [0.1, 0.15) is 36.5 Å². The van der Waals surface area contributed by atoms with Gasteiger partial charge in [0.15, 0.2) is 5.13 Å². The fourth-order valence-electron chi connectivity index (χ4n) is 2.93. The first-order chi connectivity index (χ1) is 12.3. The number of unbranched alkanes of at least 4 members (excludes halogenated alkanes) is 1. The molecule has 0 unspecified atom stereocenters. The molecule has 1 N–H and O–H groups in total. The molecule has 1 aromatic heterocycles. The normalized spacial score (nSPS) is 11.7. The highest BCUT2D eigenvalue weighted by Gasteiger charge is 2.29. The molecule has 0 atom stereocenters. The van der Waals surface area contributed by atoms with Gasteiger partial charge >= 0.3 is 0 Å². The van der Waals surface area contributed by atoms with Gasteiger partial charge in [-0.15, -0.1) is 11.3 Å². The number of nitrogens with zero attached hydrogens (tertiary/aromatic N) is 2. The SMILES string of the molecule is CCCCN(CC(=O)Nc1nccs1)S(=O)(=O)c1c(C)cc(C)cc1C. The lowest BCUT2D eigenvalue weighted by atomic mass is 10.1. The second kappa shape index (κ2) is 8.75. The second-order valence-electron chi connectivity index (χ2n) is 6.31. The summed E-state index contributed by atoms with van der Waals surface area (Å²) < 4.78 is 27.8. The average molecular weight is 396 g/mol. The summed E-state index contributed by atoms with van der Waals surface area (Å²) in [4.78, 5) is 16.6. The van der Waals surface area contributed by atoms with Gasteiger partial charge < -0.3 is 5.32 Å². The van der Waals surface area contributed by atoms with Gasteiger partial charge in [-0.1, -0.05) is 31.0 Å². The maximum absolute atomic E-state index is 13.3. The summed E-state index contributed by atoms with van der Waals surface area (Å²) in [6.07, 6.45) is 3.12. The van der Waals surface area contributed by atoms with Crippen LogP contribution in [-0.4, -0.2) is 36.7 Å². The molecule has 1 amide bonds. The number of nitrogens with one attached hydrogen (secondary N) is 1. The molecule has 0 saturated carbocycles. The number of hydrogen-bond donors (Lipinski definition) is 1. The van der Waals surface area contributed by atoms with Crippen LogP contribution >= 0.6 is 11.3 Å². The summed E-state index contributed by atoms with van der Waals surface area (Å²) in [5, 5.41) is 4.87. The van der Waals surface area contributed by atoms with E-state index < -0.39 is 10.0 Å². The number of rotatable bonds is 8. The van der Waals surface area contributed by atoms with E-state index in [1.807, 2.05) is 26.0 Å². The number of anilines is 1. The zero-order valence-electron chi connectivity index (χ0n) is 15.6. The van der Waals surface area contributed by atoms with Crippen molar-refractivity contribution in [3.63, 3.8) is 0 Å². The fourth-order valence-corrected chi connectivity index (χ4v) is 5.32. The van der Waals surface area contributed by atoms with E-state index in [-0.39, 0.29) is 12.5 Å². The summed E-state index contributed by atoms with van der Waals surface area (Å²) in [5.74, 6) is -0.387. The Labute approximate surface area is 159 Å². The molecule has 0 fully saturated rings. The largest absolute Gasteiger partial charge is 0.301 e. The molecule has 1 aromatic carbocycles. The van der Waals surface area contributed by atoms with Crippen LogP contribution < -0.4 is 5.32 Å². The number of aryl methyl sites for hydroxylation is 3. The van der Waals surface area contributed by atoms with Crippen molar-refractivity contribution in [3.05, 3.63) is 40.4 Å². The molecular formula is C18H25N3O3S2. The summed E-state index contributed by atoms with van der Waals surface area (Å²) in [6.45, 7) is 7.59. The molecule has 142 valence electrons. The van der Waals surface area contributed by atoms with Crippen molar-refractivity contribution in [2.75, 3.05) is 18.4 Å². The van der Waals surface area contributed by atoms with E-state index in [9.17, 15) is 13.2 Å². The Balaban J connectivity index is 2.31. The maximum Gasteiger partial charge on any atom is 0.244 e. The maximum atomic E-state index is 13.3. The quantitative estimate of drug-likeness (QED) is 0.742. The van der Waals surface area contributed by atoms with Gasteiger partial charge in [0.2, 0.25) is 15.9 Å². The molecule has 0 radical (unpaired) electrons. The summed E-state index contributed by atoms with van der Waals surface area (Å²) in [5.41, 5.74) is 2.41. The van der Waals surface area contributed by atoms with E-state index in [1.165, 1.54) is 15.6 Å². The number of thiazole rings is 1. The Hall–Kier alpha value is -1.77. The molecule has 0 spiro atoms. The van der Waals surface area contributed by atoms with Crippen molar-refractivity contribution >= 4 is 32.4 Å². The first kappa shape index (κ1) is 20.5. The van der Waals surface area contributed by atoms with E-state index in [1.54, 1.807) is 25.4 Å². The number of hydrogen-bond acceptors (Lipinski definition) is 5. The van der Waals surface area contributed by atoms with Gasteiger partial charge in [-0.2, -0.15) is 4.31 Å². The molecule has 8 heteroatoms. The van der Waals surface area contributed by atoms with Crippen LogP contribution in [-0.2, 0) is 14.8 Å². The minimum absolute atomic E-state index is 0.228. The molecule has 0 aliphatic carbocycles. The third-order valence-corrected chi connectivity index (χ3v) is 6.80. The van der Waals surface area contributed by atoms with Crippen molar-refractivity contribution in [2.24, 2.45) is 0 Å². The van der Waals surface area contributed by atoms with Crippen LogP contribution in [0.3, 0.4) is 0 Å². The third-order valence-electron chi connectivity index (χ3n) is 3.96. The van der Waals surface area contributed by atoms with Gasteiger partial charge in [0, 0.05) is 18.1 Å². The van der Waals surface area contributed by atoms with Crippen molar-refractivity contribution in [2.45, 2.75) is 45.4 Å². The van der Waals surface area contributed by atoms with E-state index in [2.05, 4.69) is 10.3 Å². The van der Waals surface area contributed by atoms with Crippen molar-refractivity contribution < 1.29 is 13.2 Å². The molecule has 2 rings (SSSR count). The summed E-state index contributed by atoms with van der Waals surface area (Å²) in [6, 6.07) is 3.71. The standard InChI is InChI=1S/C18H25N3O3S2/c1-5-6-8-21(12-16(22)20-18-19-7-9-25-18)26(23,24)17-14(3)10-13(2)11-15(17)4/h7,9-11H,5-6,8,12H2,1-4H3,(H,19,20,22). The Bertz CT molecular complexity index is 839. The molecule has 0 aliphatic rings. The predicted octanol–water partition coefficient (Wildman–Crippen LogP) is 3.50. The van der Waals surface area contributed by atoms with E-state index in [0.29, 0.717) is 34.1 Å². The van der Waals surface area contributed by atoms with Gasteiger partial charge in [-0.3, -0.25) is 4.79 Å². The topological polar surface area (TPSA) is 79.4 Å². The summed E-state index contributed by atoms with van der Waals surface area (Å²) >= 11 is 1.30. The number of carbonyl (C=O) groups is 1. The Morgan fingerprint density at radius 2 is 1.88 bits per heavy atom. The Morgan fingerprint density at radius 3 is 2.42 bits per heavy atom. The molecule has 0 aliphatic heterocycles. The Morgan fingerprint density at radius 1 is 1.23 bits per heavy atom. The van der Waals surface area contributed by atoms with Crippen LogP contribution in [0.15, 0.2) is 28.6 Å².